The van der Waals surface area contributed by atoms with E-state index in [-0.39, 0.29) is 18.4 Å². The molecular formula is C24H32N2O3. The van der Waals surface area contributed by atoms with Crippen LogP contribution in [0.4, 0.5) is 5.69 Å². The maximum Gasteiger partial charge on any atom is 0.262 e. The summed E-state index contributed by atoms with van der Waals surface area (Å²) in [6.07, 6.45) is 1.86. The van der Waals surface area contributed by atoms with Crippen LogP contribution < -0.4 is 10.1 Å². The zero-order chi connectivity index (χ0) is 21.2. The molecule has 2 aromatic carbocycles. The molecule has 156 valence electrons. The average Bonchev–Trinajstić information content (AvgIpc) is 2.72. The molecule has 0 atom stereocenters. The van der Waals surface area contributed by atoms with Crippen molar-refractivity contribution >= 4 is 17.5 Å². The third kappa shape index (κ3) is 6.63. The van der Waals surface area contributed by atoms with Crippen LogP contribution in [0.15, 0.2) is 48.5 Å². The minimum atomic E-state index is -0.235. The van der Waals surface area contributed by atoms with E-state index in [0.29, 0.717) is 17.2 Å². The molecule has 2 rings (SSSR count). The first-order valence-electron chi connectivity index (χ1n) is 10.4. The van der Waals surface area contributed by atoms with Crippen LogP contribution in [-0.2, 0) is 4.79 Å². The van der Waals surface area contributed by atoms with E-state index in [0.717, 1.165) is 37.2 Å². The first kappa shape index (κ1) is 22.5. The molecule has 29 heavy (non-hydrogen) atoms. The second kappa shape index (κ2) is 11.2. The second-order valence-electron chi connectivity index (χ2n) is 7.40. The van der Waals surface area contributed by atoms with Gasteiger partial charge >= 0.3 is 0 Å². The monoisotopic (exact) mass is 396 g/mol. The van der Waals surface area contributed by atoms with Crippen molar-refractivity contribution in [3.05, 3.63) is 59.7 Å². The molecule has 0 radical (unpaired) electrons. The van der Waals surface area contributed by atoms with Gasteiger partial charge in [0.2, 0.25) is 0 Å². The fourth-order valence-corrected chi connectivity index (χ4v) is 3.16. The predicted molar refractivity (Wildman–Crippen MR) is 118 cm³/mol. The number of para-hydroxylation sites is 1. The van der Waals surface area contributed by atoms with E-state index >= 15 is 0 Å². The van der Waals surface area contributed by atoms with Gasteiger partial charge in [-0.3, -0.25) is 9.59 Å². The summed E-state index contributed by atoms with van der Waals surface area (Å²) >= 11 is 0. The van der Waals surface area contributed by atoms with Gasteiger partial charge < -0.3 is 15.0 Å². The van der Waals surface area contributed by atoms with Gasteiger partial charge in [0.1, 0.15) is 5.75 Å². The first-order chi connectivity index (χ1) is 14.0. The van der Waals surface area contributed by atoms with E-state index in [1.54, 1.807) is 24.3 Å². The molecule has 0 saturated carbocycles. The summed E-state index contributed by atoms with van der Waals surface area (Å²) in [5, 5.41) is 2.82. The smallest absolute Gasteiger partial charge is 0.262 e. The molecule has 0 aromatic heterocycles. The topological polar surface area (TPSA) is 58.6 Å². The third-order valence-electron chi connectivity index (χ3n) is 4.59. The van der Waals surface area contributed by atoms with Crippen LogP contribution in [0.3, 0.4) is 0 Å². The summed E-state index contributed by atoms with van der Waals surface area (Å²) in [6.45, 7) is 9.75. The van der Waals surface area contributed by atoms with E-state index in [4.69, 9.17) is 4.74 Å². The van der Waals surface area contributed by atoms with Crippen LogP contribution in [0.25, 0.3) is 0 Å². The minimum absolute atomic E-state index is 0.0280. The van der Waals surface area contributed by atoms with Crippen molar-refractivity contribution < 1.29 is 14.3 Å². The van der Waals surface area contributed by atoms with Crippen molar-refractivity contribution in [1.82, 2.24) is 4.90 Å². The highest BCUT2D eigenvalue weighted by atomic mass is 16.5. The lowest BCUT2D eigenvalue weighted by Crippen LogP contribution is -2.32. The molecule has 0 aliphatic carbocycles. The summed E-state index contributed by atoms with van der Waals surface area (Å²) in [7, 11) is 0. The lowest BCUT2D eigenvalue weighted by molar-refractivity contribution is -0.118. The number of nitrogens with zero attached hydrogens (tertiary/aromatic N) is 1. The van der Waals surface area contributed by atoms with Gasteiger partial charge in [0.25, 0.3) is 11.8 Å². The molecule has 2 amide bonds. The Balaban J connectivity index is 1.94. The zero-order valence-corrected chi connectivity index (χ0v) is 17.9. The molecule has 0 fully saturated rings. The van der Waals surface area contributed by atoms with E-state index < -0.39 is 0 Å². The summed E-state index contributed by atoms with van der Waals surface area (Å²) in [5.41, 5.74) is 2.35. The highest BCUT2D eigenvalue weighted by molar-refractivity contribution is 5.96. The van der Waals surface area contributed by atoms with Gasteiger partial charge in [-0.2, -0.15) is 0 Å². The number of hydrogen-bond donors (Lipinski definition) is 1. The van der Waals surface area contributed by atoms with Gasteiger partial charge in [0, 0.05) is 24.3 Å². The Hall–Kier alpha value is -2.82. The molecule has 0 heterocycles. The molecule has 1 N–H and O–H groups in total. The van der Waals surface area contributed by atoms with Crippen molar-refractivity contribution in [3.63, 3.8) is 0 Å². The molecule has 0 saturated heterocycles. The first-order valence-corrected chi connectivity index (χ1v) is 10.4. The summed E-state index contributed by atoms with van der Waals surface area (Å²) < 4.78 is 5.71. The predicted octanol–water partition coefficient (Wildman–Crippen LogP) is 5.09. The van der Waals surface area contributed by atoms with Crippen LogP contribution in [0.2, 0.25) is 0 Å². The SMILES string of the molecule is CCCN(CCC)C(=O)c1ccc(NC(=O)COc2ccccc2C(C)C)cc1. The largest absolute Gasteiger partial charge is 0.483 e. The van der Waals surface area contributed by atoms with Crippen LogP contribution in [-0.4, -0.2) is 36.4 Å². The van der Waals surface area contributed by atoms with E-state index in [1.165, 1.54) is 0 Å². The van der Waals surface area contributed by atoms with Crippen molar-refractivity contribution in [2.24, 2.45) is 0 Å². The van der Waals surface area contributed by atoms with Crippen molar-refractivity contribution in [2.45, 2.75) is 46.5 Å². The Bertz CT molecular complexity index is 794. The molecule has 2 aromatic rings. The summed E-state index contributed by atoms with van der Waals surface area (Å²) in [4.78, 5) is 26.7. The Morgan fingerprint density at radius 3 is 2.17 bits per heavy atom. The van der Waals surface area contributed by atoms with Gasteiger partial charge in [0.15, 0.2) is 6.61 Å². The molecule has 0 bridgehead atoms. The molecule has 5 nitrogen and oxygen atoms in total. The standard InChI is InChI=1S/C24H32N2O3/c1-5-15-26(16-6-2)24(28)19-11-13-20(14-12-19)25-23(27)17-29-22-10-8-7-9-21(22)18(3)4/h7-14,18H,5-6,15-17H2,1-4H3,(H,25,27). The zero-order valence-electron chi connectivity index (χ0n) is 17.9. The number of benzene rings is 2. The van der Waals surface area contributed by atoms with E-state index in [1.807, 2.05) is 29.2 Å². The van der Waals surface area contributed by atoms with Gasteiger partial charge in [-0.05, 0) is 54.7 Å². The van der Waals surface area contributed by atoms with Crippen molar-refractivity contribution in [3.8, 4) is 5.75 Å². The van der Waals surface area contributed by atoms with Gasteiger partial charge in [-0.15, -0.1) is 0 Å². The third-order valence-corrected chi connectivity index (χ3v) is 4.59. The second-order valence-corrected chi connectivity index (χ2v) is 7.40. The number of amides is 2. The fraction of sp³-hybridized carbons (Fsp3) is 0.417. The highest BCUT2D eigenvalue weighted by Gasteiger charge is 2.14. The van der Waals surface area contributed by atoms with Gasteiger partial charge in [-0.1, -0.05) is 45.9 Å². The molecule has 5 heteroatoms. The molecule has 0 aliphatic rings. The molecule has 0 unspecified atom stereocenters. The Morgan fingerprint density at radius 1 is 0.966 bits per heavy atom. The lowest BCUT2D eigenvalue weighted by atomic mass is 10.0. The molecule has 0 aliphatic heterocycles. The van der Waals surface area contributed by atoms with Crippen molar-refractivity contribution in [1.29, 1.82) is 0 Å². The van der Waals surface area contributed by atoms with Crippen LogP contribution >= 0.6 is 0 Å². The number of hydrogen-bond acceptors (Lipinski definition) is 3. The van der Waals surface area contributed by atoms with Crippen molar-refractivity contribution in [2.75, 3.05) is 25.0 Å². The summed E-state index contributed by atoms with van der Waals surface area (Å²) in [6, 6.07) is 14.8. The lowest BCUT2D eigenvalue weighted by Gasteiger charge is -2.21. The molecule has 0 spiro atoms. The van der Waals surface area contributed by atoms with Crippen LogP contribution in [0, 0.1) is 0 Å². The quantitative estimate of drug-likeness (QED) is 0.608. The van der Waals surface area contributed by atoms with Crippen LogP contribution in [0.1, 0.15) is 62.4 Å². The Labute approximate surface area is 174 Å². The Kier molecular flexibility index (Phi) is 8.71. The minimum Gasteiger partial charge on any atom is -0.483 e. The van der Waals surface area contributed by atoms with Crippen LogP contribution in [0.5, 0.6) is 5.75 Å². The fourth-order valence-electron chi connectivity index (χ4n) is 3.16. The number of rotatable bonds is 10. The number of anilines is 1. The average molecular weight is 397 g/mol. The highest BCUT2D eigenvalue weighted by Crippen LogP contribution is 2.25. The maximum absolute atomic E-state index is 12.6. The normalized spacial score (nSPS) is 10.7. The summed E-state index contributed by atoms with van der Waals surface area (Å²) in [5.74, 6) is 0.839. The maximum atomic E-state index is 12.6. The number of nitrogens with one attached hydrogen (secondary N) is 1. The van der Waals surface area contributed by atoms with Gasteiger partial charge in [0.05, 0.1) is 0 Å². The number of ether oxygens (including phenoxy) is 1. The van der Waals surface area contributed by atoms with E-state index in [9.17, 15) is 9.59 Å². The number of carbonyl (C=O) groups is 2. The van der Waals surface area contributed by atoms with E-state index in [2.05, 4.69) is 33.0 Å². The number of carbonyl (C=O) groups excluding carboxylic acids is 2. The van der Waals surface area contributed by atoms with Gasteiger partial charge in [-0.25, -0.2) is 0 Å². The molecular weight excluding hydrogens is 364 g/mol. The Morgan fingerprint density at radius 2 is 1.59 bits per heavy atom.